The third-order valence-electron chi connectivity index (χ3n) is 7.29. The second-order valence-electron chi connectivity index (χ2n) is 14.3. The van der Waals surface area contributed by atoms with Crippen LogP contribution in [0.4, 0.5) is 0 Å². The standard InChI is InChI=1S/2C19H27O2.2ClH.2Ti/c2*1-14(2)20-19(21-16-9-7-8-10-16)12-11-15(3)13-17(19)18(4,5)6;;;;/h2*7,9,11,13-14H,8,12H2,1-6H3;2*1H;;/q2*-1;;;2*+2/p-2. The first-order chi connectivity index (χ1) is 19.5. The van der Waals surface area contributed by atoms with Crippen molar-refractivity contribution in [3.63, 3.8) is 0 Å². The number of allylic oxidation sites excluding steroid dienone is 10. The van der Waals surface area contributed by atoms with E-state index in [2.05, 4.69) is 132 Å². The van der Waals surface area contributed by atoms with Crippen LogP contribution in [0.5, 0.6) is 0 Å². The minimum absolute atomic E-state index is 0. The Morgan fingerprint density at radius 3 is 1.20 bits per heavy atom. The summed E-state index contributed by atoms with van der Waals surface area (Å²) in [6, 6.07) is 0. The molecule has 0 amide bonds. The summed E-state index contributed by atoms with van der Waals surface area (Å²) < 4.78 is 25.2. The van der Waals surface area contributed by atoms with E-state index < -0.39 is 11.6 Å². The zero-order valence-electron chi connectivity index (χ0n) is 30.0. The van der Waals surface area contributed by atoms with E-state index in [1.54, 1.807) is 0 Å². The van der Waals surface area contributed by atoms with Gasteiger partial charge < -0.3 is 43.8 Å². The van der Waals surface area contributed by atoms with Gasteiger partial charge in [0, 0.05) is 24.0 Å². The van der Waals surface area contributed by atoms with Crippen molar-refractivity contribution >= 4 is 0 Å². The van der Waals surface area contributed by atoms with E-state index in [9.17, 15) is 0 Å². The fraction of sp³-hybridized carbons (Fsp3) is 0.579. The Labute approximate surface area is 322 Å². The Balaban J connectivity index is 0. The van der Waals surface area contributed by atoms with Crippen LogP contribution < -0.4 is 24.8 Å². The van der Waals surface area contributed by atoms with Gasteiger partial charge in [0.1, 0.15) is 0 Å². The first-order valence-corrected chi connectivity index (χ1v) is 15.5. The van der Waals surface area contributed by atoms with Crippen molar-refractivity contribution in [2.45, 2.75) is 133 Å². The largest absolute Gasteiger partial charge is 2.00 e. The van der Waals surface area contributed by atoms with Crippen molar-refractivity contribution < 1.29 is 87.2 Å². The van der Waals surface area contributed by atoms with E-state index in [-0.39, 0.29) is 91.3 Å². The predicted octanol–water partition coefficient (Wildman–Crippen LogP) is 4.19. The first kappa shape index (κ1) is 47.6. The van der Waals surface area contributed by atoms with Crippen molar-refractivity contribution in [1.29, 1.82) is 0 Å². The SMILES string of the molecule is CC1=CCC(OC2=[C-]CC=C2)(OC(C)C)C(C(C)(C)C)=C1.CC1=CCC(OC2=[C-]CC=C2)(OC(C)C)C(C(C)(C)C)=C1.[Cl-].[Cl-].[Ti+2].[Ti+2]. The van der Waals surface area contributed by atoms with Gasteiger partial charge in [-0.2, -0.15) is 24.3 Å². The summed E-state index contributed by atoms with van der Waals surface area (Å²) >= 11 is 0. The molecule has 0 aromatic carbocycles. The van der Waals surface area contributed by atoms with Gasteiger partial charge in [-0.1, -0.05) is 77.0 Å². The monoisotopic (exact) mass is 740 g/mol. The molecule has 2 unspecified atom stereocenters. The summed E-state index contributed by atoms with van der Waals surface area (Å²) in [7, 11) is 0. The Bertz CT molecular complexity index is 1140. The van der Waals surface area contributed by atoms with Gasteiger partial charge in [0.25, 0.3) is 0 Å². The molecule has 0 saturated heterocycles. The van der Waals surface area contributed by atoms with Crippen LogP contribution in [0, 0.1) is 23.0 Å². The van der Waals surface area contributed by atoms with Crippen LogP contribution >= 0.6 is 0 Å². The van der Waals surface area contributed by atoms with E-state index in [0.717, 1.165) is 37.2 Å². The van der Waals surface area contributed by atoms with Crippen LogP contribution in [-0.4, -0.2) is 23.8 Å². The first-order valence-electron chi connectivity index (χ1n) is 15.5. The molecule has 4 nitrogen and oxygen atoms in total. The maximum Gasteiger partial charge on any atom is 2.00 e. The minimum atomic E-state index is -0.719. The van der Waals surface area contributed by atoms with Gasteiger partial charge in [-0.05, 0) is 63.9 Å². The molecule has 0 N–H and O–H groups in total. The molecule has 252 valence electrons. The Hall–Kier alpha value is -0.551. The Morgan fingerprint density at radius 2 is 0.957 bits per heavy atom. The molecular weight excluding hydrogens is 687 g/mol. The Kier molecular flexibility index (Phi) is 20.3. The maximum atomic E-state index is 6.32. The second-order valence-corrected chi connectivity index (χ2v) is 14.3. The fourth-order valence-corrected chi connectivity index (χ4v) is 5.67. The normalized spacial score (nSPS) is 23.5. The van der Waals surface area contributed by atoms with Crippen molar-refractivity contribution in [2.24, 2.45) is 10.8 Å². The molecule has 0 saturated carbocycles. The number of hydrogen-bond acceptors (Lipinski definition) is 4. The minimum Gasteiger partial charge on any atom is -1.00 e. The molecule has 0 fully saturated rings. The van der Waals surface area contributed by atoms with Gasteiger partial charge in [-0.25, -0.2) is 12.2 Å². The van der Waals surface area contributed by atoms with Crippen LogP contribution in [0.3, 0.4) is 0 Å². The molecule has 0 aromatic heterocycles. The molecule has 0 aromatic rings. The van der Waals surface area contributed by atoms with Gasteiger partial charge in [-0.3, -0.25) is 0 Å². The van der Waals surface area contributed by atoms with Crippen molar-refractivity contribution in [3.05, 3.63) is 94.6 Å². The molecule has 4 aliphatic carbocycles. The summed E-state index contributed by atoms with van der Waals surface area (Å²) in [4.78, 5) is 0. The zero-order valence-corrected chi connectivity index (χ0v) is 34.6. The molecule has 0 spiro atoms. The van der Waals surface area contributed by atoms with Crippen molar-refractivity contribution in [2.75, 3.05) is 0 Å². The summed E-state index contributed by atoms with van der Waals surface area (Å²) in [5.74, 6) is 0.142. The summed E-state index contributed by atoms with van der Waals surface area (Å²) in [5, 5.41) is 0. The zero-order chi connectivity index (χ0) is 31.3. The van der Waals surface area contributed by atoms with Gasteiger partial charge in [-0.15, -0.1) is 12.8 Å². The number of hydrogen-bond donors (Lipinski definition) is 0. The molecule has 4 rings (SSSR count). The van der Waals surface area contributed by atoms with Gasteiger partial charge >= 0.3 is 43.4 Å². The van der Waals surface area contributed by atoms with E-state index in [4.69, 9.17) is 18.9 Å². The van der Waals surface area contributed by atoms with E-state index >= 15 is 0 Å². The average molecular weight is 741 g/mol. The molecule has 4 aliphatic rings. The third-order valence-corrected chi connectivity index (χ3v) is 7.29. The van der Waals surface area contributed by atoms with Crippen LogP contribution in [-0.2, 0) is 62.4 Å². The van der Waals surface area contributed by atoms with Crippen molar-refractivity contribution in [3.8, 4) is 0 Å². The van der Waals surface area contributed by atoms with Crippen LogP contribution in [0.1, 0.15) is 109 Å². The van der Waals surface area contributed by atoms with E-state index in [1.807, 2.05) is 12.2 Å². The summed E-state index contributed by atoms with van der Waals surface area (Å²) in [6.07, 6.45) is 26.7. The predicted molar refractivity (Wildman–Crippen MR) is 173 cm³/mol. The second kappa shape index (κ2) is 19.6. The average Bonchev–Trinajstić information content (AvgIpc) is 3.55. The van der Waals surface area contributed by atoms with Crippen LogP contribution in [0.25, 0.3) is 0 Å². The van der Waals surface area contributed by atoms with Crippen molar-refractivity contribution in [1.82, 2.24) is 0 Å². The van der Waals surface area contributed by atoms with E-state index in [1.165, 1.54) is 22.3 Å². The third kappa shape index (κ3) is 13.1. The molecule has 46 heavy (non-hydrogen) atoms. The molecule has 0 aliphatic heterocycles. The van der Waals surface area contributed by atoms with Gasteiger partial charge in [0.2, 0.25) is 11.6 Å². The number of halogens is 2. The van der Waals surface area contributed by atoms with Crippen LogP contribution in [0.2, 0.25) is 0 Å². The van der Waals surface area contributed by atoms with Gasteiger partial charge in [0.15, 0.2) is 0 Å². The van der Waals surface area contributed by atoms with E-state index in [0.29, 0.717) is 0 Å². The number of rotatable bonds is 8. The molecule has 0 radical (unpaired) electrons. The topological polar surface area (TPSA) is 36.9 Å². The Morgan fingerprint density at radius 1 is 0.630 bits per heavy atom. The summed E-state index contributed by atoms with van der Waals surface area (Å²) in [5.41, 5.74) is 4.88. The molecular formula is C38H54Cl2O4Ti2. The molecule has 0 bridgehead atoms. The molecule has 2 atom stereocenters. The fourth-order valence-electron chi connectivity index (χ4n) is 5.67. The smallest absolute Gasteiger partial charge is 1.00 e. The van der Waals surface area contributed by atoms with Gasteiger partial charge in [0.05, 0.1) is 12.2 Å². The van der Waals surface area contributed by atoms with Crippen LogP contribution in [0.15, 0.2) is 82.4 Å². The summed E-state index contributed by atoms with van der Waals surface area (Å²) in [6.45, 7) is 25.7. The quantitative estimate of drug-likeness (QED) is 0.213. The number of ether oxygens (including phenoxy) is 4. The molecule has 8 heteroatoms. The molecule has 0 heterocycles. The maximum absolute atomic E-state index is 6.32.